The van der Waals surface area contributed by atoms with Crippen LogP contribution in [0.2, 0.25) is 0 Å². The summed E-state index contributed by atoms with van der Waals surface area (Å²) in [6, 6.07) is 7.00. The van der Waals surface area contributed by atoms with E-state index in [1.807, 2.05) is 6.92 Å². The highest BCUT2D eigenvalue weighted by Gasteiger charge is 2.27. The van der Waals surface area contributed by atoms with Gasteiger partial charge in [0.15, 0.2) is 0 Å². The van der Waals surface area contributed by atoms with Gasteiger partial charge < -0.3 is 15.1 Å². The third-order valence-electron chi connectivity index (χ3n) is 3.53. The Kier molecular flexibility index (Phi) is 3.99. The van der Waals surface area contributed by atoms with Crippen LogP contribution in [0.3, 0.4) is 0 Å². The summed E-state index contributed by atoms with van der Waals surface area (Å²) in [7, 11) is 0. The number of nitrogens with zero attached hydrogens (tertiary/aromatic N) is 1. The summed E-state index contributed by atoms with van der Waals surface area (Å²) in [5.74, 6) is 0.123. The Morgan fingerprint density at radius 2 is 2.06 bits per heavy atom. The molecule has 1 saturated heterocycles. The lowest BCUT2D eigenvalue weighted by molar-refractivity contribution is 0.0297. The van der Waals surface area contributed by atoms with Crippen molar-refractivity contribution in [2.75, 3.05) is 13.1 Å². The van der Waals surface area contributed by atoms with Crippen molar-refractivity contribution in [1.29, 1.82) is 0 Å². The van der Waals surface area contributed by atoms with Gasteiger partial charge in [-0.05, 0) is 30.0 Å². The number of aliphatic hydroxyl groups excluding tert-OH is 2. The van der Waals surface area contributed by atoms with Crippen molar-refractivity contribution in [2.24, 2.45) is 5.92 Å². The zero-order valence-corrected chi connectivity index (χ0v) is 10.5. The van der Waals surface area contributed by atoms with Crippen LogP contribution in [0, 0.1) is 5.92 Å². The van der Waals surface area contributed by atoms with E-state index in [0.29, 0.717) is 25.1 Å². The smallest absolute Gasteiger partial charge is 0.253 e. The van der Waals surface area contributed by atoms with E-state index in [9.17, 15) is 9.90 Å². The fourth-order valence-electron chi connectivity index (χ4n) is 2.25. The molecule has 4 heteroatoms. The van der Waals surface area contributed by atoms with E-state index in [1.54, 1.807) is 29.2 Å². The van der Waals surface area contributed by atoms with Crippen LogP contribution >= 0.6 is 0 Å². The molecule has 0 bridgehead atoms. The van der Waals surface area contributed by atoms with Gasteiger partial charge in [-0.2, -0.15) is 0 Å². The van der Waals surface area contributed by atoms with E-state index in [0.717, 1.165) is 5.56 Å². The van der Waals surface area contributed by atoms with Gasteiger partial charge in [-0.3, -0.25) is 4.79 Å². The largest absolute Gasteiger partial charge is 0.393 e. The molecule has 0 aliphatic carbocycles. The molecule has 1 heterocycles. The maximum atomic E-state index is 12.2. The molecule has 0 radical (unpaired) electrons. The highest BCUT2D eigenvalue weighted by molar-refractivity contribution is 5.94. The third kappa shape index (κ3) is 2.71. The predicted octanol–water partition coefficient (Wildman–Crippen LogP) is 1.02. The minimum Gasteiger partial charge on any atom is -0.393 e. The molecule has 18 heavy (non-hydrogen) atoms. The van der Waals surface area contributed by atoms with Crippen LogP contribution in [0.1, 0.15) is 29.3 Å². The van der Waals surface area contributed by atoms with Gasteiger partial charge in [0.05, 0.1) is 12.7 Å². The van der Waals surface area contributed by atoms with Crippen LogP contribution in [-0.2, 0) is 6.61 Å². The fraction of sp³-hybridized carbons (Fsp3) is 0.500. The van der Waals surface area contributed by atoms with Crippen LogP contribution in [0.5, 0.6) is 0 Å². The van der Waals surface area contributed by atoms with Crippen LogP contribution in [0.4, 0.5) is 0 Å². The fourth-order valence-corrected chi connectivity index (χ4v) is 2.25. The van der Waals surface area contributed by atoms with E-state index < -0.39 is 0 Å². The Morgan fingerprint density at radius 3 is 2.61 bits per heavy atom. The monoisotopic (exact) mass is 249 g/mol. The molecule has 0 saturated carbocycles. The Morgan fingerprint density at radius 1 is 1.39 bits per heavy atom. The third-order valence-corrected chi connectivity index (χ3v) is 3.53. The number of hydrogen-bond acceptors (Lipinski definition) is 3. The standard InChI is InChI=1S/C14H19NO3/c1-10-8-15(7-6-13(10)17)14(18)12-4-2-11(9-16)3-5-12/h2-5,10,13,16-17H,6-9H2,1H3. The van der Waals surface area contributed by atoms with Gasteiger partial charge in [0.2, 0.25) is 0 Å². The number of benzene rings is 1. The number of carbonyl (C=O) groups is 1. The van der Waals surface area contributed by atoms with Crippen molar-refractivity contribution in [3.63, 3.8) is 0 Å². The van der Waals surface area contributed by atoms with Crippen LogP contribution < -0.4 is 0 Å². The van der Waals surface area contributed by atoms with E-state index >= 15 is 0 Å². The first-order valence-electron chi connectivity index (χ1n) is 6.29. The molecular weight excluding hydrogens is 230 g/mol. The average Bonchev–Trinajstić information content (AvgIpc) is 2.41. The summed E-state index contributed by atoms with van der Waals surface area (Å²) in [5, 5.41) is 18.6. The van der Waals surface area contributed by atoms with E-state index in [4.69, 9.17) is 5.11 Å². The Labute approximate surface area is 107 Å². The second-order valence-electron chi connectivity index (χ2n) is 4.94. The Hall–Kier alpha value is -1.39. The highest BCUT2D eigenvalue weighted by Crippen LogP contribution is 2.18. The topological polar surface area (TPSA) is 60.8 Å². The van der Waals surface area contributed by atoms with Crippen molar-refractivity contribution in [3.8, 4) is 0 Å². The number of rotatable bonds is 2. The Balaban J connectivity index is 2.06. The zero-order valence-electron chi connectivity index (χ0n) is 10.5. The summed E-state index contributed by atoms with van der Waals surface area (Å²) < 4.78 is 0. The molecule has 0 aromatic heterocycles. The number of aliphatic hydroxyl groups is 2. The predicted molar refractivity (Wildman–Crippen MR) is 68.1 cm³/mol. The molecule has 1 aliphatic heterocycles. The first-order valence-corrected chi connectivity index (χ1v) is 6.29. The van der Waals surface area contributed by atoms with Crippen LogP contribution in [0.25, 0.3) is 0 Å². The summed E-state index contributed by atoms with van der Waals surface area (Å²) in [6.07, 6.45) is 0.340. The van der Waals surface area contributed by atoms with Crippen molar-refractivity contribution in [2.45, 2.75) is 26.1 Å². The number of amides is 1. The molecule has 0 spiro atoms. The van der Waals surface area contributed by atoms with Gasteiger partial charge >= 0.3 is 0 Å². The number of likely N-dealkylation sites (tertiary alicyclic amines) is 1. The van der Waals surface area contributed by atoms with Crippen molar-refractivity contribution >= 4 is 5.91 Å². The maximum absolute atomic E-state index is 12.2. The molecule has 2 unspecified atom stereocenters. The SMILES string of the molecule is CC1CN(C(=O)c2ccc(CO)cc2)CCC1O. The zero-order chi connectivity index (χ0) is 13.1. The molecule has 1 aromatic carbocycles. The first kappa shape index (κ1) is 13.1. The Bertz CT molecular complexity index is 416. The molecule has 2 atom stereocenters. The van der Waals surface area contributed by atoms with Crippen molar-refractivity contribution in [3.05, 3.63) is 35.4 Å². The van der Waals surface area contributed by atoms with Gasteiger partial charge in [0.25, 0.3) is 5.91 Å². The number of carbonyl (C=O) groups excluding carboxylic acids is 1. The molecule has 1 aliphatic rings. The number of piperidine rings is 1. The van der Waals surface area contributed by atoms with Gasteiger partial charge in [0, 0.05) is 18.7 Å². The second-order valence-corrected chi connectivity index (χ2v) is 4.94. The minimum absolute atomic E-state index is 0.00163. The van der Waals surface area contributed by atoms with Gasteiger partial charge in [-0.1, -0.05) is 19.1 Å². The summed E-state index contributed by atoms with van der Waals surface area (Å²) >= 11 is 0. The van der Waals surface area contributed by atoms with Gasteiger partial charge in [0.1, 0.15) is 0 Å². The average molecular weight is 249 g/mol. The molecule has 4 nitrogen and oxygen atoms in total. The lowest BCUT2D eigenvalue weighted by Gasteiger charge is -2.34. The summed E-state index contributed by atoms with van der Waals surface area (Å²) in [6.45, 7) is 3.15. The lowest BCUT2D eigenvalue weighted by atomic mass is 9.96. The number of hydrogen-bond donors (Lipinski definition) is 2. The van der Waals surface area contributed by atoms with Gasteiger partial charge in [-0.15, -0.1) is 0 Å². The molecule has 2 N–H and O–H groups in total. The summed E-state index contributed by atoms with van der Waals surface area (Å²) in [4.78, 5) is 14.0. The highest BCUT2D eigenvalue weighted by atomic mass is 16.3. The normalized spacial score (nSPS) is 24.1. The van der Waals surface area contributed by atoms with Crippen LogP contribution in [-0.4, -0.2) is 40.2 Å². The minimum atomic E-state index is -0.300. The lowest BCUT2D eigenvalue weighted by Crippen LogP contribution is -2.44. The van der Waals surface area contributed by atoms with E-state index in [1.165, 1.54) is 0 Å². The van der Waals surface area contributed by atoms with Crippen molar-refractivity contribution < 1.29 is 15.0 Å². The molecule has 1 amide bonds. The first-order chi connectivity index (χ1) is 8.61. The summed E-state index contributed by atoms with van der Waals surface area (Å²) in [5.41, 5.74) is 1.43. The molecule has 98 valence electrons. The molecule has 1 aromatic rings. The molecule has 2 rings (SSSR count). The molecule has 1 fully saturated rings. The van der Waals surface area contributed by atoms with E-state index in [-0.39, 0.29) is 24.5 Å². The molecular formula is C14H19NO3. The van der Waals surface area contributed by atoms with Gasteiger partial charge in [-0.25, -0.2) is 0 Å². The van der Waals surface area contributed by atoms with Crippen LogP contribution in [0.15, 0.2) is 24.3 Å². The second kappa shape index (κ2) is 5.50. The van der Waals surface area contributed by atoms with E-state index in [2.05, 4.69) is 0 Å². The maximum Gasteiger partial charge on any atom is 0.253 e. The quantitative estimate of drug-likeness (QED) is 0.822. The van der Waals surface area contributed by atoms with Crippen molar-refractivity contribution in [1.82, 2.24) is 4.90 Å².